The fourth-order valence-corrected chi connectivity index (χ4v) is 4.53. The van der Waals surface area contributed by atoms with Crippen molar-refractivity contribution in [2.75, 3.05) is 38.1 Å². The van der Waals surface area contributed by atoms with E-state index in [1.165, 1.54) is 48.9 Å². The number of carbonyl (C=O) groups is 1. The molecule has 1 aliphatic carbocycles. The van der Waals surface area contributed by atoms with E-state index < -0.39 is 0 Å². The molecule has 1 amide bonds. The van der Waals surface area contributed by atoms with E-state index in [1.807, 2.05) is 11.9 Å². The number of rotatable bonds is 4. The largest absolute Gasteiger partial charge is 0.369 e. The Morgan fingerprint density at radius 1 is 1.08 bits per heavy atom. The fraction of sp³-hybridized carbons (Fsp3) is 0.682. The Morgan fingerprint density at radius 2 is 1.73 bits per heavy atom. The minimum atomic E-state index is -0.0114. The average Bonchev–Trinajstić information content (AvgIpc) is 2.69. The number of amides is 1. The van der Waals surface area contributed by atoms with Crippen LogP contribution in [0.3, 0.4) is 0 Å². The molecule has 4 nitrogen and oxygen atoms in total. The summed E-state index contributed by atoms with van der Waals surface area (Å²) in [5.74, 6) is 0.303. The summed E-state index contributed by atoms with van der Waals surface area (Å²) < 4.78 is 0. The number of piperazine rings is 1. The molecule has 2 aliphatic rings. The van der Waals surface area contributed by atoms with Gasteiger partial charge in [-0.2, -0.15) is 0 Å². The van der Waals surface area contributed by atoms with Gasteiger partial charge in [0.05, 0.1) is 6.04 Å². The molecule has 0 N–H and O–H groups in total. The van der Waals surface area contributed by atoms with Crippen LogP contribution >= 0.6 is 0 Å². The van der Waals surface area contributed by atoms with Crippen LogP contribution in [0, 0.1) is 13.8 Å². The number of carbonyl (C=O) groups excluding carboxylic acids is 1. The maximum absolute atomic E-state index is 13.0. The van der Waals surface area contributed by atoms with Gasteiger partial charge in [-0.05, 0) is 50.8 Å². The number of benzene rings is 1. The summed E-state index contributed by atoms with van der Waals surface area (Å²) in [7, 11) is 2.02. The highest BCUT2D eigenvalue weighted by molar-refractivity contribution is 5.81. The molecule has 1 saturated heterocycles. The molecule has 1 aromatic carbocycles. The van der Waals surface area contributed by atoms with Crippen LogP contribution in [-0.4, -0.2) is 61.0 Å². The molecule has 1 saturated carbocycles. The van der Waals surface area contributed by atoms with Crippen molar-refractivity contribution in [2.45, 2.75) is 65.0 Å². The Morgan fingerprint density at radius 3 is 2.38 bits per heavy atom. The zero-order valence-electron chi connectivity index (χ0n) is 17.0. The molecule has 1 aromatic rings. The highest BCUT2D eigenvalue weighted by atomic mass is 16.2. The van der Waals surface area contributed by atoms with Gasteiger partial charge in [-0.25, -0.2) is 0 Å². The van der Waals surface area contributed by atoms with Crippen molar-refractivity contribution in [2.24, 2.45) is 0 Å². The lowest BCUT2D eigenvalue weighted by Gasteiger charge is -2.41. The van der Waals surface area contributed by atoms with Crippen LogP contribution in [0.15, 0.2) is 18.2 Å². The van der Waals surface area contributed by atoms with Crippen molar-refractivity contribution in [3.63, 3.8) is 0 Å². The van der Waals surface area contributed by atoms with Crippen LogP contribution in [0.4, 0.5) is 5.69 Å². The molecule has 2 fully saturated rings. The molecule has 144 valence electrons. The van der Waals surface area contributed by atoms with Gasteiger partial charge < -0.3 is 9.80 Å². The first-order valence-corrected chi connectivity index (χ1v) is 10.3. The van der Waals surface area contributed by atoms with Crippen molar-refractivity contribution < 1.29 is 4.79 Å². The van der Waals surface area contributed by atoms with Crippen LogP contribution in [0.5, 0.6) is 0 Å². The van der Waals surface area contributed by atoms with E-state index in [9.17, 15) is 4.79 Å². The van der Waals surface area contributed by atoms with Crippen LogP contribution in [-0.2, 0) is 4.79 Å². The Bertz CT molecular complexity index is 616. The van der Waals surface area contributed by atoms with E-state index in [0.717, 1.165) is 26.2 Å². The van der Waals surface area contributed by atoms with Crippen molar-refractivity contribution in [3.8, 4) is 0 Å². The fourth-order valence-electron chi connectivity index (χ4n) is 4.53. The van der Waals surface area contributed by atoms with Crippen molar-refractivity contribution in [3.05, 3.63) is 29.3 Å². The summed E-state index contributed by atoms with van der Waals surface area (Å²) in [6.45, 7) is 10.4. The van der Waals surface area contributed by atoms with Crippen LogP contribution in [0.1, 0.15) is 50.2 Å². The molecule has 0 radical (unpaired) electrons. The lowest BCUT2D eigenvalue weighted by molar-refractivity contribution is -0.138. The monoisotopic (exact) mass is 357 g/mol. The molecular weight excluding hydrogens is 322 g/mol. The van der Waals surface area contributed by atoms with Gasteiger partial charge in [-0.15, -0.1) is 0 Å². The van der Waals surface area contributed by atoms with E-state index >= 15 is 0 Å². The van der Waals surface area contributed by atoms with Gasteiger partial charge >= 0.3 is 0 Å². The summed E-state index contributed by atoms with van der Waals surface area (Å²) in [6, 6.07) is 6.99. The Labute approximate surface area is 159 Å². The predicted molar refractivity (Wildman–Crippen MR) is 109 cm³/mol. The quantitative estimate of drug-likeness (QED) is 0.824. The number of hydrogen-bond donors (Lipinski definition) is 0. The number of hydrogen-bond acceptors (Lipinski definition) is 3. The van der Waals surface area contributed by atoms with E-state index in [4.69, 9.17) is 0 Å². The molecule has 1 unspecified atom stereocenters. The van der Waals surface area contributed by atoms with E-state index in [2.05, 4.69) is 48.8 Å². The summed E-state index contributed by atoms with van der Waals surface area (Å²) in [5, 5.41) is 0. The Hall–Kier alpha value is -1.55. The summed E-state index contributed by atoms with van der Waals surface area (Å²) >= 11 is 0. The smallest absolute Gasteiger partial charge is 0.239 e. The third-order valence-corrected chi connectivity index (χ3v) is 6.61. The van der Waals surface area contributed by atoms with Crippen molar-refractivity contribution in [1.82, 2.24) is 9.80 Å². The van der Waals surface area contributed by atoms with Crippen LogP contribution in [0.25, 0.3) is 0 Å². The lowest BCUT2D eigenvalue weighted by Crippen LogP contribution is -2.55. The minimum Gasteiger partial charge on any atom is -0.369 e. The van der Waals surface area contributed by atoms with Gasteiger partial charge in [0.2, 0.25) is 5.91 Å². The predicted octanol–water partition coefficient (Wildman–Crippen LogP) is 3.61. The standard InChI is InChI=1S/C22H35N3O/c1-17-9-8-12-21(18(17)2)25-15-13-24(14-16-25)19(3)22(26)23(4)20-10-6-5-7-11-20/h8-9,12,19-20H,5-7,10-11,13-16H2,1-4H3. The molecule has 0 spiro atoms. The highest BCUT2D eigenvalue weighted by Crippen LogP contribution is 2.25. The molecule has 3 rings (SSSR count). The third kappa shape index (κ3) is 4.06. The molecule has 0 aromatic heterocycles. The maximum atomic E-state index is 13.0. The average molecular weight is 358 g/mol. The number of anilines is 1. The first-order chi connectivity index (χ1) is 12.5. The molecule has 1 atom stereocenters. The number of nitrogens with zero attached hydrogens (tertiary/aromatic N) is 3. The van der Waals surface area contributed by atoms with Gasteiger partial charge in [0.25, 0.3) is 0 Å². The second-order valence-corrected chi connectivity index (χ2v) is 8.16. The van der Waals surface area contributed by atoms with Crippen LogP contribution < -0.4 is 4.90 Å². The maximum Gasteiger partial charge on any atom is 0.239 e. The summed E-state index contributed by atoms with van der Waals surface area (Å²) in [4.78, 5) is 19.8. The molecular formula is C22H35N3O. The summed E-state index contributed by atoms with van der Waals surface area (Å²) in [5.41, 5.74) is 4.08. The molecule has 1 heterocycles. The third-order valence-electron chi connectivity index (χ3n) is 6.61. The normalized spacial score (nSPS) is 20.8. The lowest BCUT2D eigenvalue weighted by atomic mass is 9.94. The second-order valence-electron chi connectivity index (χ2n) is 8.16. The number of likely N-dealkylation sites (N-methyl/N-ethyl adjacent to an activating group) is 1. The van der Waals surface area contributed by atoms with Crippen molar-refractivity contribution in [1.29, 1.82) is 0 Å². The van der Waals surface area contributed by atoms with Gasteiger partial charge in [0.15, 0.2) is 0 Å². The zero-order valence-corrected chi connectivity index (χ0v) is 17.0. The van der Waals surface area contributed by atoms with Gasteiger partial charge in [0, 0.05) is 45.0 Å². The zero-order chi connectivity index (χ0) is 18.7. The SMILES string of the molecule is Cc1cccc(N2CCN(C(C)C(=O)N(C)C3CCCCC3)CC2)c1C. The van der Waals surface area contributed by atoms with E-state index in [1.54, 1.807) is 0 Å². The van der Waals surface area contributed by atoms with Gasteiger partial charge in [-0.3, -0.25) is 9.69 Å². The minimum absolute atomic E-state index is 0.0114. The number of aryl methyl sites for hydroxylation is 1. The molecule has 1 aliphatic heterocycles. The molecule has 26 heavy (non-hydrogen) atoms. The Kier molecular flexibility index (Phi) is 6.23. The first-order valence-electron chi connectivity index (χ1n) is 10.3. The van der Waals surface area contributed by atoms with Gasteiger partial charge in [-0.1, -0.05) is 31.4 Å². The topological polar surface area (TPSA) is 26.8 Å². The first kappa shape index (κ1) is 19.2. The van der Waals surface area contributed by atoms with E-state index in [0.29, 0.717) is 11.9 Å². The molecule has 4 heteroatoms. The highest BCUT2D eigenvalue weighted by Gasteiger charge is 2.31. The Balaban J connectivity index is 1.56. The summed E-state index contributed by atoms with van der Waals surface area (Å²) in [6.07, 6.45) is 6.22. The van der Waals surface area contributed by atoms with Crippen molar-refractivity contribution >= 4 is 11.6 Å². The second kappa shape index (κ2) is 8.43. The van der Waals surface area contributed by atoms with E-state index in [-0.39, 0.29) is 6.04 Å². The van der Waals surface area contributed by atoms with Gasteiger partial charge in [0.1, 0.15) is 0 Å². The van der Waals surface area contributed by atoms with Crippen LogP contribution in [0.2, 0.25) is 0 Å². The molecule has 0 bridgehead atoms.